The number of rotatable bonds is 7. The summed E-state index contributed by atoms with van der Waals surface area (Å²) in [6, 6.07) is 5.13. The van der Waals surface area contributed by atoms with Crippen LogP contribution in [0.1, 0.15) is 39.5 Å². The molecule has 0 aliphatic heterocycles. The van der Waals surface area contributed by atoms with Gasteiger partial charge in [-0.3, -0.25) is 0 Å². The highest BCUT2D eigenvalue weighted by Crippen LogP contribution is 2.18. The first-order valence-corrected chi connectivity index (χ1v) is 7.02. The van der Waals surface area contributed by atoms with Gasteiger partial charge >= 0.3 is 6.03 Å². The van der Waals surface area contributed by atoms with E-state index in [-0.39, 0.29) is 12.4 Å². The van der Waals surface area contributed by atoms with Crippen LogP contribution in [0.3, 0.4) is 0 Å². The standard InChI is InChI=1S/C15H23FN2O2/c1-3-9-15(20,10-4-2)11-17-14(19)18-13-7-5-12(16)6-8-13/h5-8,20H,3-4,9-11H2,1-2H3,(H2,17,18,19). The Morgan fingerprint density at radius 3 is 2.25 bits per heavy atom. The molecule has 0 radical (unpaired) electrons. The molecule has 0 atom stereocenters. The summed E-state index contributed by atoms with van der Waals surface area (Å²) in [5, 5.41) is 15.6. The fourth-order valence-corrected chi connectivity index (χ4v) is 2.19. The van der Waals surface area contributed by atoms with Crippen molar-refractivity contribution >= 4 is 11.7 Å². The molecule has 0 aliphatic rings. The van der Waals surface area contributed by atoms with Crippen LogP contribution in [0.25, 0.3) is 0 Å². The topological polar surface area (TPSA) is 61.4 Å². The molecule has 4 nitrogen and oxygen atoms in total. The summed E-state index contributed by atoms with van der Waals surface area (Å²) >= 11 is 0. The molecule has 2 amide bonds. The van der Waals surface area contributed by atoms with Crippen molar-refractivity contribution in [2.24, 2.45) is 0 Å². The number of nitrogens with one attached hydrogen (secondary N) is 2. The average molecular weight is 282 g/mol. The molecule has 0 fully saturated rings. The Kier molecular flexibility index (Phi) is 6.45. The van der Waals surface area contributed by atoms with Gasteiger partial charge in [-0.1, -0.05) is 26.7 Å². The maximum absolute atomic E-state index is 12.7. The summed E-state index contributed by atoms with van der Waals surface area (Å²) in [7, 11) is 0. The van der Waals surface area contributed by atoms with E-state index in [1.807, 2.05) is 13.8 Å². The third-order valence-electron chi connectivity index (χ3n) is 3.11. The number of carbonyl (C=O) groups excluding carboxylic acids is 1. The predicted molar refractivity (Wildman–Crippen MR) is 78.2 cm³/mol. The van der Waals surface area contributed by atoms with Crippen molar-refractivity contribution in [3.8, 4) is 0 Å². The zero-order valence-electron chi connectivity index (χ0n) is 12.1. The van der Waals surface area contributed by atoms with Crippen LogP contribution in [0, 0.1) is 5.82 Å². The molecule has 0 heterocycles. The lowest BCUT2D eigenvalue weighted by molar-refractivity contribution is 0.0245. The SMILES string of the molecule is CCCC(O)(CCC)CNC(=O)Nc1ccc(F)cc1. The van der Waals surface area contributed by atoms with Gasteiger partial charge in [0.1, 0.15) is 5.82 Å². The highest BCUT2D eigenvalue weighted by molar-refractivity contribution is 5.89. The minimum absolute atomic E-state index is 0.210. The highest BCUT2D eigenvalue weighted by Gasteiger charge is 2.25. The van der Waals surface area contributed by atoms with Gasteiger partial charge in [0.25, 0.3) is 0 Å². The van der Waals surface area contributed by atoms with Crippen LogP contribution in [0.15, 0.2) is 24.3 Å². The fourth-order valence-electron chi connectivity index (χ4n) is 2.19. The summed E-state index contributed by atoms with van der Waals surface area (Å²) in [5.74, 6) is -0.351. The molecule has 112 valence electrons. The van der Waals surface area contributed by atoms with Crippen LogP contribution < -0.4 is 10.6 Å². The first-order chi connectivity index (χ1) is 9.49. The minimum Gasteiger partial charge on any atom is -0.388 e. The molecule has 0 unspecified atom stereocenters. The van der Waals surface area contributed by atoms with Gasteiger partial charge in [-0.05, 0) is 37.1 Å². The molecule has 20 heavy (non-hydrogen) atoms. The van der Waals surface area contributed by atoms with Crippen molar-refractivity contribution < 1.29 is 14.3 Å². The monoisotopic (exact) mass is 282 g/mol. The number of urea groups is 1. The van der Waals surface area contributed by atoms with Gasteiger partial charge in [-0.25, -0.2) is 9.18 Å². The lowest BCUT2D eigenvalue weighted by Crippen LogP contribution is -2.44. The van der Waals surface area contributed by atoms with Crippen LogP contribution >= 0.6 is 0 Å². The Hall–Kier alpha value is -1.62. The number of carbonyl (C=O) groups is 1. The van der Waals surface area contributed by atoms with Crippen LogP contribution in [0.4, 0.5) is 14.9 Å². The second-order valence-corrected chi connectivity index (χ2v) is 5.04. The van der Waals surface area contributed by atoms with Crippen molar-refractivity contribution in [2.45, 2.75) is 45.1 Å². The largest absolute Gasteiger partial charge is 0.388 e. The lowest BCUT2D eigenvalue weighted by atomic mass is 9.93. The predicted octanol–water partition coefficient (Wildman–Crippen LogP) is 3.28. The molecule has 1 aromatic carbocycles. The van der Waals surface area contributed by atoms with Gasteiger partial charge in [-0.15, -0.1) is 0 Å². The van der Waals surface area contributed by atoms with E-state index in [1.54, 1.807) is 0 Å². The van der Waals surface area contributed by atoms with Gasteiger partial charge in [0.05, 0.1) is 5.60 Å². The Bertz CT molecular complexity index is 414. The van der Waals surface area contributed by atoms with Crippen molar-refractivity contribution in [1.29, 1.82) is 0 Å². The van der Waals surface area contributed by atoms with Crippen LogP contribution in [0.2, 0.25) is 0 Å². The first kappa shape index (κ1) is 16.4. The van der Waals surface area contributed by atoms with Gasteiger partial charge < -0.3 is 15.7 Å². The maximum atomic E-state index is 12.7. The molecule has 0 spiro atoms. The second-order valence-electron chi connectivity index (χ2n) is 5.04. The zero-order valence-corrected chi connectivity index (χ0v) is 12.1. The van der Waals surface area contributed by atoms with E-state index in [0.717, 1.165) is 12.8 Å². The smallest absolute Gasteiger partial charge is 0.319 e. The fraction of sp³-hybridized carbons (Fsp3) is 0.533. The third-order valence-corrected chi connectivity index (χ3v) is 3.11. The van der Waals surface area contributed by atoms with Crippen molar-refractivity contribution in [2.75, 3.05) is 11.9 Å². The van der Waals surface area contributed by atoms with Crippen molar-refractivity contribution in [1.82, 2.24) is 5.32 Å². The molecule has 3 N–H and O–H groups in total. The number of hydrogen-bond donors (Lipinski definition) is 3. The molecule has 1 rings (SSSR count). The van der Waals surface area contributed by atoms with Gasteiger partial charge in [0, 0.05) is 12.2 Å². The molecule has 0 saturated heterocycles. The number of amides is 2. The van der Waals surface area contributed by atoms with Crippen molar-refractivity contribution in [3.05, 3.63) is 30.1 Å². The Labute approximate surface area is 119 Å². The molecule has 0 aromatic heterocycles. The molecular weight excluding hydrogens is 259 g/mol. The quantitative estimate of drug-likeness (QED) is 0.718. The summed E-state index contributed by atoms with van der Waals surface area (Å²) in [6.07, 6.45) is 3.02. The van der Waals surface area contributed by atoms with E-state index in [9.17, 15) is 14.3 Å². The van der Waals surface area contributed by atoms with E-state index in [4.69, 9.17) is 0 Å². The van der Waals surface area contributed by atoms with Crippen molar-refractivity contribution in [3.63, 3.8) is 0 Å². The van der Waals surface area contributed by atoms with Gasteiger partial charge in [-0.2, -0.15) is 0 Å². The number of halogens is 1. The summed E-state index contributed by atoms with van der Waals surface area (Å²) in [6.45, 7) is 4.21. The average Bonchev–Trinajstić information content (AvgIpc) is 2.40. The summed E-state index contributed by atoms with van der Waals surface area (Å²) in [5.41, 5.74) is -0.345. The molecule has 0 aliphatic carbocycles. The van der Waals surface area contributed by atoms with Crippen LogP contribution in [-0.4, -0.2) is 23.3 Å². The second kappa shape index (κ2) is 7.85. The van der Waals surface area contributed by atoms with E-state index in [1.165, 1.54) is 24.3 Å². The molecule has 1 aromatic rings. The number of aliphatic hydroxyl groups is 1. The summed E-state index contributed by atoms with van der Waals surface area (Å²) in [4.78, 5) is 11.7. The van der Waals surface area contributed by atoms with Crippen LogP contribution in [-0.2, 0) is 0 Å². The third kappa shape index (κ3) is 5.57. The minimum atomic E-state index is -0.858. The highest BCUT2D eigenvalue weighted by atomic mass is 19.1. The molecule has 0 bridgehead atoms. The summed E-state index contributed by atoms with van der Waals surface area (Å²) < 4.78 is 12.7. The Morgan fingerprint density at radius 1 is 1.20 bits per heavy atom. The number of hydrogen-bond acceptors (Lipinski definition) is 2. The maximum Gasteiger partial charge on any atom is 0.319 e. The van der Waals surface area contributed by atoms with Gasteiger partial charge in [0.2, 0.25) is 0 Å². The Balaban J connectivity index is 2.47. The number of benzene rings is 1. The zero-order chi connectivity index (χ0) is 15.0. The first-order valence-electron chi connectivity index (χ1n) is 7.02. The normalized spacial score (nSPS) is 11.2. The van der Waals surface area contributed by atoms with Gasteiger partial charge in [0.15, 0.2) is 0 Å². The molecule has 5 heteroatoms. The van der Waals surface area contributed by atoms with E-state index in [0.29, 0.717) is 18.5 Å². The lowest BCUT2D eigenvalue weighted by Gasteiger charge is -2.27. The molecule has 0 saturated carbocycles. The number of anilines is 1. The Morgan fingerprint density at radius 2 is 1.75 bits per heavy atom. The van der Waals surface area contributed by atoms with E-state index >= 15 is 0 Å². The van der Waals surface area contributed by atoms with E-state index < -0.39 is 11.6 Å². The van der Waals surface area contributed by atoms with E-state index in [2.05, 4.69) is 10.6 Å². The van der Waals surface area contributed by atoms with Crippen LogP contribution in [0.5, 0.6) is 0 Å². The molecular formula is C15H23FN2O2.